The van der Waals surface area contributed by atoms with Gasteiger partial charge in [0, 0.05) is 45.0 Å². The zero-order valence-electron chi connectivity index (χ0n) is 13.0. The molecule has 1 aromatic rings. The van der Waals surface area contributed by atoms with Crippen LogP contribution in [0.4, 0.5) is 14.7 Å². The average molecular weight is 346 g/mol. The summed E-state index contributed by atoms with van der Waals surface area (Å²) in [6.45, 7) is 1.75. The van der Waals surface area contributed by atoms with Gasteiger partial charge in [-0.05, 0) is 19.4 Å². The second-order valence-electron chi connectivity index (χ2n) is 6.19. The molecular weight excluding hydrogens is 326 g/mol. The lowest BCUT2D eigenvalue weighted by molar-refractivity contribution is -0.145. The molecule has 1 aromatic heterocycles. The molecule has 1 spiro atoms. The minimum absolute atomic E-state index is 0.0692. The standard InChI is InChI=1S/C14H20F2N4O2S/c1-2-23(21,22)20-9-5-14(15,16)13(11-20)4-8-19(10-13)12-17-6-3-7-18-12/h3,6-7H,2,4-5,8-11H2,1H3/t13-/m1/s1. The number of hydrogen-bond acceptors (Lipinski definition) is 5. The van der Waals surface area contributed by atoms with Gasteiger partial charge in [0.25, 0.3) is 5.92 Å². The van der Waals surface area contributed by atoms with Crippen molar-refractivity contribution in [3.63, 3.8) is 0 Å². The molecule has 0 amide bonds. The van der Waals surface area contributed by atoms with E-state index in [0.29, 0.717) is 12.5 Å². The van der Waals surface area contributed by atoms with E-state index in [1.165, 1.54) is 11.2 Å². The molecule has 3 heterocycles. The highest BCUT2D eigenvalue weighted by Gasteiger charge is 2.60. The van der Waals surface area contributed by atoms with Crippen LogP contribution in [0.2, 0.25) is 0 Å². The maximum absolute atomic E-state index is 14.6. The van der Waals surface area contributed by atoms with E-state index in [1.807, 2.05) is 0 Å². The van der Waals surface area contributed by atoms with Gasteiger partial charge in [0.2, 0.25) is 16.0 Å². The van der Waals surface area contributed by atoms with Gasteiger partial charge < -0.3 is 4.90 Å². The van der Waals surface area contributed by atoms with Crippen LogP contribution in [0.25, 0.3) is 0 Å². The Morgan fingerprint density at radius 3 is 2.52 bits per heavy atom. The van der Waals surface area contributed by atoms with Crippen LogP contribution in [0.3, 0.4) is 0 Å². The molecule has 23 heavy (non-hydrogen) atoms. The molecule has 0 radical (unpaired) electrons. The van der Waals surface area contributed by atoms with E-state index in [-0.39, 0.29) is 31.8 Å². The molecular formula is C14H20F2N4O2S. The summed E-state index contributed by atoms with van der Waals surface area (Å²) in [5, 5.41) is 0. The molecule has 0 aliphatic carbocycles. The summed E-state index contributed by atoms with van der Waals surface area (Å²) in [6.07, 6.45) is 2.93. The third kappa shape index (κ3) is 2.80. The van der Waals surface area contributed by atoms with Gasteiger partial charge in [-0.15, -0.1) is 0 Å². The smallest absolute Gasteiger partial charge is 0.257 e. The Morgan fingerprint density at radius 2 is 1.87 bits per heavy atom. The highest BCUT2D eigenvalue weighted by Crippen LogP contribution is 2.50. The number of halogens is 2. The maximum Gasteiger partial charge on any atom is 0.257 e. The number of nitrogens with zero attached hydrogens (tertiary/aromatic N) is 4. The predicted octanol–water partition coefficient (Wildman–Crippen LogP) is 1.36. The third-order valence-corrected chi connectivity index (χ3v) is 6.71. The SMILES string of the molecule is CCS(=O)(=O)N1CCC(F)(F)[C@@]2(CCN(c3ncccn3)C2)C1. The molecule has 0 aromatic carbocycles. The number of alkyl halides is 2. The van der Waals surface area contributed by atoms with Crippen molar-refractivity contribution in [2.45, 2.75) is 25.7 Å². The summed E-state index contributed by atoms with van der Waals surface area (Å²) in [4.78, 5) is 9.94. The highest BCUT2D eigenvalue weighted by atomic mass is 32.2. The summed E-state index contributed by atoms with van der Waals surface area (Å²) in [6, 6.07) is 1.67. The molecule has 6 nitrogen and oxygen atoms in total. The number of aromatic nitrogens is 2. The first-order valence-electron chi connectivity index (χ1n) is 7.67. The lowest BCUT2D eigenvalue weighted by atomic mass is 9.76. The van der Waals surface area contributed by atoms with Crippen LogP contribution in [0.1, 0.15) is 19.8 Å². The van der Waals surface area contributed by atoms with Crippen molar-refractivity contribution in [2.24, 2.45) is 5.41 Å². The molecule has 128 valence electrons. The highest BCUT2D eigenvalue weighted by molar-refractivity contribution is 7.89. The monoisotopic (exact) mass is 346 g/mol. The zero-order chi connectivity index (χ0) is 16.7. The van der Waals surface area contributed by atoms with Crippen molar-refractivity contribution in [1.82, 2.24) is 14.3 Å². The Labute approximate surface area is 134 Å². The maximum atomic E-state index is 14.6. The van der Waals surface area contributed by atoms with Gasteiger partial charge >= 0.3 is 0 Å². The van der Waals surface area contributed by atoms with E-state index in [9.17, 15) is 17.2 Å². The summed E-state index contributed by atoms with van der Waals surface area (Å²) in [5.74, 6) is -2.55. The number of piperidine rings is 1. The van der Waals surface area contributed by atoms with Crippen molar-refractivity contribution >= 4 is 16.0 Å². The normalized spacial score (nSPS) is 28.4. The van der Waals surface area contributed by atoms with Crippen LogP contribution in [-0.4, -0.2) is 60.5 Å². The Bertz CT molecular complexity index is 671. The van der Waals surface area contributed by atoms with Crippen LogP contribution >= 0.6 is 0 Å². The van der Waals surface area contributed by atoms with Gasteiger partial charge in [-0.1, -0.05) is 0 Å². The van der Waals surface area contributed by atoms with E-state index in [1.54, 1.807) is 23.4 Å². The van der Waals surface area contributed by atoms with Crippen molar-refractivity contribution < 1.29 is 17.2 Å². The van der Waals surface area contributed by atoms with Crippen LogP contribution in [0.5, 0.6) is 0 Å². The molecule has 0 bridgehead atoms. The largest absolute Gasteiger partial charge is 0.340 e. The first-order chi connectivity index (χ1) is 10.8. The molecule has 3 rings (SSSR count). The minimum Gasteiger partial charge on any atom is -0.340 e. The number of anilines is 1. The summed E-state index contributed by atoms with van der Waals surface area (Å²) in [7, 11) is -3.47. The van der Waals surface area contributed by atoms with E-state index in [2.05, 4.69) is 9.97 Å². The van der Waals surface area contributed by atoms with Crippen molar-refractivity contribution in [3.05, 3.63) is 18.5 Å². The van der Waals surface area contributed by atoms with Crippen LogP contribution in [0, 0.1) is 5.41 Å². The number of hydrogen-bond donors (Lipinski definition) is 0. The second kappa shape index (κ2) is 5.62. The third-order valence-electron chi connectivity index (χ3n) is 4.88. The van der Waals surface area contributed by atoms with Crippen molar-refractivity contribution in [1.29, 1.82) is 0 Å². The molecule has 0 saturated carbocycles. The van der Waals surface area contributed by atoms with Crippen molar-refractivity contribution in [2.75, 3.05) is 36.8 Å². The van der Waals surface area contributed by atoms with E-state index >= 15 is 0 Å². The quantitative estimate of drug-likeness (QED) is 0.827. The molecule has 1 atom stereocenters. The topological polar surface area (TPSA) is 66.4 Å². The molecule has 2 aliphatic heterocycles. The second-order valence-corrected chi connectivity index (χ2v) is 8.45. The summed E-state index contributed by atoms with van der Waals surface area (Å²) < 4.78 is 54.7. The Hall–Kier alpha value is -1.35. The van der Waals surface area contributed by atoms with Crippen LogP contribution in [0.15, 0.2) is 18.5 Å². The fourth-order valence-electron chi connectivity index (χ4n) is 3.41. The van der Waals surface area contributed by atoms with Crippen LogP contribution < -0.4 is 4.90 Å². The van der Waals surface area contributed by atoms with Gasteiger partial charge in [-0.2, -0.15) is 0 Å². The summed E-state index contributed by atoms with van der Waals surface area (Å²) in [5.41, 5.74) is -1.37. The molecule has 2 fully saturated rings. The predicted molar refractivity (Wildman–Crippen MR) is 81.9 cm³/mol. The molecule has 0 unspecified atom stereocenters. The first kappa shape index (κ1) is 16.5. The van der Waals surface area contributed by atoms with Crippen molar-refractivity contribution in [3.8, 4) is 0 Å². The Balaban J connectivity index is 1.86. The molecule has 0 N–H and O–H groups in total. The number of rotatable bonds is 3. The van der Waals surface area contributed by atoms with Gasteiger partial charge in [-0.25, -0.2) is 31.5 Å². The minimum atomic E-state index is -3.47. The lowest BCUT2D eigenvalue weighted by Gasteiger charge is -2.45. The lowest BCUT2D eigenvalue weighted by Crippen LogP contribution is -2.58. The van der Waals surface area contributed by atoms with Gasteiger partial charge in [-0.3, -0.25) is 0 Å². The average Bonchev–Trinajstić information content (AvgIpc) is 2.97. The number of sulfonamides is 1. The first-order valence-corrected chi connectivity index (χ1v) is 9.28. The van der Waals surface area contributed by atoms with Gasteiger partial charge in [0.05, 0.1) is 11.2 Å². The molecule has 9 heteroatoms. The Morgan fingerprint density at radius 1 is 1.17 bits per heavy atom. The van der Waals surface area contributed by atoms with E-state index in [0.717, 1.165) is 0 Å². The van der Waals surface area contributed by atoms with E-state index < -0.39 is 27.8 Å². The van der Waals surface area contributed by atoms with Crippen LogP contribution in [-0.2, 0) is 10.0 Å². The zero-order valence-corrected chi connectivity index (χ0v) is 13.8. The Kier molecular flexibility index (Phi) is 4.04. The fourth-order valence-corrected chi connectivity index (χ4v) is 4.59. The fraction of sp³-hybridized carbons (Fsp3) is 0.714. The van der Waals surface area contributed by atoms with Gasteiger partial charge in [0.15, 0.2) is 0 Å². The van der Waals surface area contributed by atoms with Gasteiger partial charge in [0.1, 0.15) is 0 Å². The molecule has 2 aliphatic rings. The summed E-state index contributed by atoms with van der Waals surface area (Å²) >= 11 is 0. The van der Waals surface area contributed by atoms with E-state index in [4.69, 9.17) is 0 Å². The molecule has 2 saturated heterocycles.